The van der Waals surface area contributed by atoms with Crippen molar-refractivity contribution in [2.45, 2.75) is 6.92 Å². The largest absolute Gasteiger partial charge is 0.465 e. The van der Waals surface area contributed by atoms with Crippen molar-refractivity contribution in [2.75, 3.05) is 38.0 Å². The van der Waals surface area contributed by atoms with Gasteiger partial charge in [-0.1, -0.05) is 30.0 Å². The van der Waals surface area contributed by atoms with Crippen molar-refractivity contribution in [3.63, 3.8) is 0 Å². The van der Waals surface area contributed by atoms with Crippen LogP contribution in [0.25, 0.3) is 10.9 Å². The molecule has 1 aliphatic heterocycles. The highest BCUT2D eigenvalue weighted by Gasteiger charge is 2.19. The molecule has 1 amide bonds. The average molecular weight is 494 g/mol. The molecule has 0 saturated carbocycles. The first kappa shape index (κ1) is 24.1. The number of aromatic nitrogens is 2. The summed E-state index contributed by atoms with van der Waals surface area (Å²) in [6.07, 6.45) is 0.687. The zero-order valence-corrected chi connectivity index (χ0v) is 20.5. The van der Waals surface area contributed by atoms with Gasteiger partial charge in [0.05, 0.1) is 12.1 Å². The molecule has 2 heterocycles. The van der Waals surface area contributed by atoms with Crippen LogP contribution in [0.1, 0.15) is 11.1 Å². The quantitative estimate of drug-likeness (QED) is 0.373. The standard InChI is InChI=1S/C29H27N5O3/c1-21-18-23(10-12-27(21)37-24-7-3-2-4-8-24)32-28-25-19-22(9-11-26(25)30-20-31-28)6-5-13-33-14-16-34(17-15-33)29(35)36/h2-4,7-12,18-20H,13-17H2,1H3,(H,35,36)(H,30,31,32). The number of hydrogen-bond donors (Lipinski definition) is 2. The Hall–Kier alpha value is -4.61. The second-order valence-electron chi connectivity index (χ2n) is 8.82. The van der Waals surface area contributed by atoms with E-state index in [1.54, 1.807) is 6.33 Å². The Kier molecular flexibility index (Phi) is 7.15. The number of hydrogen-bond acceptors (Lipinski definition) is 6. The van der Waals surface area contributed by atoms with E-state index in [9.17, 15) is 4.79 Å². The summed E-state index contributed by atoms with van der Waals surface area (Å²) in [4.78, 5) is 23.5. The van der Waals surface area contributed by atoms with Gasteiger partial charge in [-0.3, -0.25) is 4.90 Å². The Morgan fingerprint density at radius 3 is 2.59 bits per heavy atom. The number of para-hydroxylation sites is 1. The molecule has 4 aromatic rings. The van der Waals surface area contributed by atoms with Crippen molar-refractivity contribution >= 4 is 28.5 Å². The summed E-state index contributed by atoms with van der Waals surface area (Å²) in [6, 6.07) is 21.5. The Bertz CT molecular complexity index is 1470. The van der Waals surface area contributed by atoms with E-state index in [4.69, 9.17) is 9.84 Å². The molecule has 1 fully saturated rings. The Morgan fingerprint density at radius 2 is 1.84 bits per heavy atom. The lowest BCUT2D eigenvalue weighted by Crippen LogP contribution is -2.48. The van der Waals surface area contributed by atoms with E-state index >= 15 is 0 Å². The molecule has 5 rings (SSSR count). The zero-order chi connectivity index (χ0) is 25.6. The minimum absolute atomic E-state index is 0.512. The van der Waals surface area contributed by atoms with Crippen LogP contribution in [0.4, 0.5) is 16.3 Å². The average Bonchev–Trinajstić information content (AvgIpc) is 2.91. The Morgan fingerprint density at radius 1 is 1.03 bits per heavy atom. The molecule has 186 valence electrons. The van der Waals surface area contributed by atoms with Gasteiger partial charge in [0.2, 0.25) is 0 Å². The van der Waals surface area contributed by atoms with E-state index in [0.717, 1.165) is 39.2 Å². The summed E-state index contributed by atoms with van der Waals surface area (Å²) in [5.74, 6) is 8.74. The van der Waals surface area contributed by atoms with Crippen LogP contribution in [-0.4, -0.2) is 63.7 Å². The van der Waals surface area contributed by atoms with Gasteiger partial charge in [-0.15, -0.1) is 0 Å². The third kappa shape index (κ3) is 5.97. The van der Waals surface area contributed by atoms with E-state index in [2.05, 4.69) is 32.0 Å². The topological polar surface area (TPSA) is 90.8 Å². The van der Waals surface area contributed by atoms with Crippen molar-refractivity contribution in [1.82, 2.24) is 19.8 Å². The summed E-state index contributed by atoms with van der Waals surface area (Å²) >= 11 is 0. The normalized spacial score (nSPS) is 13.6. The van der Waals surface area contributed by atoms with Gasteiger partial charge in [0.25, 0.3) is 0 Å². The number of fused-ring (bicyclic) bond motifs is 1. The number of nitrogens with one attached hydrogen (secondary N) is 1. The second kappa shape index (κ2) is 11.0. The van der Waals surface area contributed by atoms with Crippen molar-refractivity contribution < 1.29 is 14.6 Å². The number of amides is 1. The third-order valence-electron chi connectivity index (χ3n) is 6.22. The summed E-state index contributed by atoms with van der Waals surface area (Å²) in [6.45, 7) is 5.01. The number of ether oxygens (including phenoxy) is 1. The molecule has 0 aliphatic carbocycles. The smallest absolute Gasteiger partial charge is 0.407 e. The van der Waals surface area contributed by atoms with Crippen LogP contribution in [0, 0.1) is 18.8 Å². The fourth-order valence-corrected chi connectivity index (χ4v) is 4.18. The van der Waals surface area contributed by atoms with Crippen LogP contribution < -0.4 is 10.1 Å². The van der Waals surface area contributed by atoms with Gasteiger partial charge in [-0.2, -0.15) is 0 Å². The van der Waals surface area contributed by atoms with Crippen LogP contribution in [0.3, 0.4) is 0 Å². The summed E-state index contributed by atoms with van der Waals surface area (Å²) in [7, 11) is 0. The summed E-state index contributed by atoms with van der Waals surface area (Å²) in [5, 5.41) is 13.4. The van der Waals surface area contributed by atoms with Gasteiger partial charge in [0.15, 0.2) is 0 Å². The fourth-order valence-electron chi connectivity index (χ4n) is 4.18. The minimum atomic E-state index is -0.861. The van der Waals surface area contributed by atoms with Gasteiger partial charge in [-0.25, -0.2) is 14.8 Å². The number of rotatable bonds is 5. The predicted molar refractivity (Wildman–Crippen MR) is 143 cm³/mol. The lowest BCUT2D eigenvalue weighted by atomic mass is 10.1. The van der Waals surface area contributed by atoms with E-state index in [1.165, 1.54) is 4.90 Å². The maximum Gasteiger partial charge on any atom is 0.407 e. The molecule has 0 unspecified atom stereocenters. The first-order chi connectivity index (χ1) is 18.0. The molecule has 1 saturated heterocycles. The van der Waals surface area contributed by atoms with Crippen LogP contribution in [0.5, 0.6) is 11.5 Å². The number of carbonyl (C=O) groups is 1. The van der Waals surface area contributed by atoms with E-state index in [-0.39, 0.29) is 0 Å². The molecule has 1 aliphatic rings. The number of carboxylic acid groups (broad SMARTS) is 1. The van der Waals surface area contributed by atoms with Gasteiger partial charge >= 0.3 is 6.09 Å². The molecule has 1 aromatic heterocycles. The van der Waals surface area contributed by atoms with E-state index in [0.29, 0.717) is 38.5 Å². The fraction of sp³-hybridized carbons (Fsp3) is 0.207. The molecule has 0 atom stereocenters. The van der Waals surface area contributed by atoms with Gasteiger partial charge in [-0.05, 0) is 61.0 Å². The maximum atomic E-state index is 11.1. The van der Waals surface area contributed by atoms with Crippen molar-refractivity contribution in [3.8, 4) is 23.3 Å². The highest BCUT2D eigenvalue weighted by Crippen LogP contribution is 2.30. The van der Waals surface area contributed by atoms with E-state index in [1.807, 2.05) is 73.7 Å². The first-order valence-electron chi connectivity index (χ1n) is 12.1. The molecular weight excluding hydrogens is 466 g/mol. The van der Waals surface area contributed by atoms with Crippen LogP contribution >= 0.6 is 0 Å². The number of aryl methyl sites for hydroxylation is 1. The molecule has 8 nitrogen and oxygen atoms in total. The summed E-state index contributed by atoms with van der Waals surface area (Å²) < 4.78 is 6.00. The number of anilines is 2. The van der Waals surface area contributed by atoms with Gasteiger partial charge in [0, 0.05) is 42.8 Å². The second-order valence-corrected chi connectivity index (χ2v) is 8.82. The van der Waals surface area contributed by atoms with Gasteiger partial charge < -0.3 is 20.1 Å². The minimum Gasteiger partial charge on any atom is -0.465 e. The monoisotopic (exact) mass is 493 g/mol. The number of benzene rings is 3. The lowest BCUT2D eigenvalue weighted by Gasteiger charge is -2.31. The van der Waals surface area contributed by atoms with Crippen molar-refractivity contribution in [1.29, 1.82) is 0 Å². The van der Waals surface area contributed by atoms with E-state index < -0.39 is 6.09 Å². The molecule has 0 radical (unpaired) electrons. The molecule has 8 heteroatoms. The molecule has 0 bridgehead atoms. The highest BCUT2D eigenvalue weighted by molar-refractivity contribution is 5.91. The number of nitrogens with zero attached hydrogens (tertiary/aromatic N) is 4. The Labute approximate surface area is 215 Å². The Balaban J connectivity index is 1.29. The van der Waals surface area contributed by atoms with Crippen molar-refractivity contribution in [2.24, 2.45) is 0 Å². The SMILES string of the molecule is Cc1cc(Nc2ncnc3ccc(C#CCN4CCN(C(=O)O)CC4)cc23)ccc1Oc1ccccc1. The maximum absolute atomic E-state index is 11.1. The van der Waals surface area contributed by atoms with Crippen LogP contribution in [0.15, 0.2) is 73.1 Å². The predicted octanol–water partition coefficient (Wildman–Crippen LogP) is 5.12. The van der Waals surface area contributed by atoms with Crippen LogP contribution in [-0.2, 0) is 0 Å². The highest BCUT2D eigenvalue weighted by atomic mass is 16.5. The summed E-state index contributed by atoms with van der Waals surface area (Å²) in [5.41, 5.74) is 3.60. The van der Waals surface area contributed by atoms with Crippen LogP contribution in [0.2, 0.25) is 0 Å². The zero-order valence-electron chi connectivity index (χ0n) is 20.5. The third-order valence-corrected chi connectivity index (χ3v) is 6.22. The first-order valence-corrected chi connectivity index (χ1v) is 12.1. The molecule has 37 heavy (non-hydrogen) atoms. The number of piperazine rings is 1. The molecule has 2 N–H and O–H groups in total. The lowest BCUT2D eigenvalue weighted by molar-refractivity contribution is 0.111. The molecule has 3 aromatic carbocycles. The molecule has 0 spiro atoms. The van der Waals surface area contributed by atoms with Crippen molar-refractivity contribution in [3.05, 3.63) is 84.2 Å². The van der Waals surface area contributed by atoms with Gasteiger partial charge in [0.1, 0.15) is 23.6 Å². The molecular formula is C29H27N5O3.